The van der Waals surface area contributed by atoms with Crippen molar-refractivity contribution < 1.29 is 14.6 Å². The Labute approximate surface area is 89.7 Å². The van der Waals surface area contributed by atoms with Crippen LogP contribution in [0.1, 0.15) is 29.3 Å². The lowest BCUT2D eigenvalue weighted by molar-refractivity contribution is 0.0526. The minimum atomic E-state index is -0.289. The fourth-order valence-corrected chi connectivity index (χ4v) is 1.35. The van der Waals surface area contributed by atoms with Crippen molar-refractivity contribution in [3.63, 3.8) is 0 Å². The highest BCUT2D eigenvalue weighted by molar-refractivity contribution is 5.89. The molecule has 3 heteroatoms. The largest absolute Gasteiger partial charge is 0.462 e. The zero-order valence-corrected chi connectivity index (χ0v) is 8.90. The van der Waals surface area contributed by atoms with E-state index in [1.165, 1.54) is 0 Å². The third-order valence-electron chi connectivity index (χ3n) is 2.06. The lowest BCUT2D eigenvalue weighted by atomic mass is 10.1. The van der Waals surface area contributed by atoms with E-state index in [1.54, 1.807) is 13.0 Å². The first kappa shape index (κ1) is 11.7. The normalized spacial score (nSPS) is 10.0. The maximum atomic E-state index is 11.4. The van der Waals surface area contributed by atoms with Crippen LogP contribution >= 0.6 is 0 Å². The molecular weight excluding hydrogens is 192 g/mol. The third kappa shape index (κ3) is 3.72. The predicted molar refractivity (Wildman–Crippen MR) is 57.8 cm³/mol. The van der Waals surface area contributed by atoms with Crippen LogP contribution in [-0.2, 0) is 11.2 Å². The van der Waals surface area contributed by atoms with Crippen LogP contribution in [0, 0.1) is 0 Å². The number of carbonyl (C=O) groups is 1. The van der Waals surface area contributed by atoms with Crippen molar-refractivity contribution in [2.24, 2.45) is 0 Å². The summed E-state index contributed by atoms with van der Waals surface area (Å²) < 4.78 is 4.90. The Morgan fingerprint density at radius 2 is 2.27 bits per heavy atom. The van der Waals surface area contributed by atoms with Crippen LogP contribution in [-0.4, -0.2) is 24.3 Å². The molecule has 0 saturated heterocycles. The molecule has 1 aromatic rings. The summed E-state index contributed by atoms with van der Waals surface area (Å²) >= 11 is 0. The number of aliphatic hydroxyl groups is 1. The van der Waals surface area contributed by atoms with Gasteiger partial charge >= 0.3 is 5.97 Å². The Kier molecular flexibility index (Phi) is 4.84. The first-order chi connectivity index (χ1) is 7.27. The Hall–Kier alpha value is -1.35. The minimum Gasteiger partial charge on any atom is -0.462 e. The van der Waals surface area contributed by atoms with E-state index >= 15 is 0 Å². The van der Waals surface area contributed by atoms with Gasteiger partial charge in [-0.2, -0.15) is 0 Å². The Bertz CT molecular complexity index is 320. The second-order valence-electron chi connectivity index (χ2n) is 3.25. The molecule has 0 saturated carbocycles. The number of hydrogen-bond acceptors (Lipinski definition) is 3. The average molecular weight is 208 g/mol. The number of esters is 1. The van der Waals surface area contributed by atoms with Gasteiger partial charge < -0.3 is 9.84 Å². The van der Waals surface area contributed by atoms with E-state index in [4.69, 9.17) is 9.84 Å². The molecule has 3 nitrogen and oxygen atoms in total. The fraction of sp³-hybridized carbons (Fsp3) is 0.417. The first-order valence-electron chi connectivity index (χ1n) is 5.15. The number of benzene rings is 1. The molecule has 0 spiro atoms. The van der Waals surface area contributed by atoms with Crippen molar-refractivity contribution in [1.82, 2.24) is 0 Å². The summed E-state index contributed by atoms with van der Waals surface area (Å²) in [5, 5.41) is 8.70. The van der Waals surface area contributed by atoms with E-state index in [2.05, 4.69) is 0 Å². The zero-order valence-electron chi connectivity index (χ0n) is 8.90. The number of aryl methyl sites for hydroxylation is 1. The van der Waals surface area contributed by atoms with Gasteiger partial charge in [0, 0.05) is 6.61 Å². The van der Waals surface area contributed by atoms with Crippen LogP contribution in [0.15, 0.2) is 24.3 Å². The number of carbonyl (C=O) groups excluding carboxylic acids is 1. The van der Waals surface area contributed by atoms with Crippen LogP contribution in [0.4, 0.5) is 0 Å². The van der Waals surface area contributed by atoms with Gasteiger partial charge in [0.25, 0.3) is 0 Å². The highest BCUT2D eigenvalue weighted by Crippen LogP contribution is 2.08. The van der Waals surface area contributed by atoms with E-state index in [9.17, 15) is 4.79 Å². The van der Waals surface area contributed by atoms with Gasteiger partial charge in [-0.1, -0.05) is 12.1 Å². The maximum Gasteiger partial charge on any atom is 0.338 e. The summed E-state index contributed by atoms with van der Waals surface area (Å²) in [6.07, 6.45) is 1.50. The Balaban J connectivity index is 2.69. The Morgan fingerprint density at radius 1 is 1.47 bits per heavy atom. The zero-order chi connectivity index (χ0) is 11.1. The topological polar surface area (TPSA) is 46.5 Å². The van der Waals surface area contributed by atoms with Gasteiger partial charge in [-0.3, -0.25) is 0 Å². The molecule has 0 aliphatic carbocycles. The van der Waals surface area contributed by atoms with Crippen LogP contribution in [0.3, 0.4) is 0 Å². The molecule has 82 valence electrons. The maximum absolute atomic E-state index is 11.4. The van der Waals surface area contributed by atoms with Crippen LogP contribution in [0.25, 0.3) is 0 Å². The molecular formula is C12H16O3. The van der Waals surface area contributed by atoms with Crippen molar-refractivity contribution in [1.29, 1.82) is 0 Å². The predicted octanol–water partition coefficient (Wildman–Crippen LogP) is 1.79. The highest BCUT2D eigenvalue weighted by atomic mass is 16.5. The second-order valence-corrected chi connectivity index (χ2v) is 3.25. The smallest absolute Gasteiger partial charge is 0.338 e. The van der Waals surface area contributed by atoms with Gasteiger partial charge in [0.15, 0.2) is 0 Å². The summed E-state index contributed by atoms with van der Waals surface area (Å²) in [7, 11) is 0. The van der Waals surface area contributed by atoms with Crippen LogP contribution in [0.5, 0.6) is 0 Å². The molecule has 0 unspecified atom stereocenters. The molecule has 0 fully saturated rings. The number of hydrogen-bond donors (Lipinski definition) is 1. The van der Waals surface area contributed by atoms with Crippen LogP contribution < -0.4 is 0 Å². The number of rotatable bonds is 5. The summed E-state index contributed by atoms with van der Waals surface area (Å²) in [5.41, 5.74) is 1.63. The van der Waals surface area contributed by atoms with E-state index in [-0.39, 0.29) is 12.6 Å². The third-order valence-corrected chi connectivity index (χ3v) is 2.06. The molecule has 1 aromatic carbocycles. The molecule has 15 heavy (non-hydrogen) atoms. The van der Waals surface area contributed by atoms with Gasteiger partial charge in [0.05, 0.1) is 12.2 Å². The van der Waals surface area contributed by atoms with Crippen molar-refractivity contribution in [3.05, 3.63) is 35.4 Å². The molecule has 0 aliphatic rings. The molecule has 0 aromatic heterocycles. The first-order valence-corrected chi connectivity index (χ1v) is 5.15. The lowest BCUT2D eigenvalue weighted by Gasteiger charge is -2.04. The average Bonchev–Trinajstić information content (AvgIpc) is 2.27. The summed E-state index contributed by atoms with van der Waals surface area (Å²) in [4.78, 5) is 11.4. The van der Waals surface area contributed by atoms with E-state index < -0.39 is 0 Å². The van der Waals surface area contributed by atoms with Crippen LogP contribution in [0.2, 0.25) is 0 Å². The molecule has 0 atom stereocenters. The summed E-state index contributed by atoms with van der Waals surface area (Å²) in [5.74, 6) is -0.289. The monoisotopic (exact) mass is 208 g/mol. The van der Waals surface area contributed by atoms with Gasteiger partial charge in [0.1, 0.15) is 0 Å². The lowest BCUT2D eigenvalue weighted by Crippen LogP contribution is -2.05. The van der Waals surface area contributed by atoms with Gasteiger partial charge in [-0.25, -0.2) is 4.79 Å². The molecule has 0 bridgehead atoms. The van der Waals surface area contributed by atoms with Crippen molar-refractivity contribution in [3.8, 4) is 0 Å². The van der Waals surface area contributed by atoms with E-state index in [1.807, 2.05) is 18.2 Å². The Morgan fingerprint density at radius 3 is 2.93 bits per heavy atom. The molecule has 1 N–H and O–H groups in total. The molecule has 0 radical (unpaired) electrons. The minimum absolute atomic E-state index is 0.170. The number of aliphatic hydroxyl groups excluding tert-OH is 1. The van der Waals surface area contributed by atoms with Gasteiger partial charge in [0.2, 0.25) is 0 Å². The standard InChI is InChI=1S/C12H16O3/c1-2-15-12(14)11-7-3-5-10(9-11)6-4-8-13/h3,5,7,9,13H,2,4,6,8H2,1H3. The van der Waals surface area contributed by atoms with E-state index in [0.29, 0.717) is 18.6 Å². The molecule has 1 rings (SSSR count). The number of ether oxygens (including phenoxy) is 1. The fourth-order valence-electron chi connectivity index (χ4n) is 1.35. The van der Waals surface area contributed by atoms with E-state index in [0.717, 1.165) is 12.0 Å². The molecule has 0 amide bonds. The summed E-state index contributed by atoms with van der Waals surface area (Å²) in [6, 6.07) is 7.32. The second kappa shape index (κ2) is 6.19. The van der Waals surface area contributed by atoms with Crippen molar-refractivity contribution in [2.75, 3.05) is 13.2 Å². The van der Waals surface area contributed by atoms with Gasteiger partial charge in [-0.05, 0) is 37.5 Å². The highest BCUT2D eigenvalue weighted by Gasteiger charge is 2.06. The molecule has 0 heterocycles. The summed E-state index contributed by atoms with van der Waals surface area (Å²) in [6.45, 7) is 2.34. The quantitative estimate of drug-likeness (QED) is 0.750. The van der Waals surface area contributed by atoms with Crippen molar-refractivity contribution >= 4 is 5.97 Å². The van der Waals surface area contributed by atoms with Crippen molar-refractivity contribution in [2.45, 2.75) is 19.8 Å². The SMILES string of the molecule is CCOC(=O)c1cccc(CCCO)c1. The van der Waals surface area contributed by atoms with Gasteiger partial charge in [-0.15, -0.1) is 0 Å². The molecule has 0 aliphatic heterocycles.